The van der Waals surface area contributed by atoms with Crippen LogP contribution in [-0.4, -0.2) is 29.0 Å². The first-order valence-electron chi connectivity index (χ1n) is 6.15. The summed E-state index contributed by atoms with van der Waals surface area (Å²) in [5.41, 5.74) is 6.95. The smallest absolute Gasteiger partial charge is 0.0544 e. The molecule has 90 valence electrons. The van der Waals surface area contributed by atoms with Gasteiger partial charge in [-0.15, -0.1) is 0 Å². The predicted octanol–water partition coefficient (Wildman–Crippen LogP) is 2.03. The van der Waals surface area contributed by atoms with Gasteiger partial charge in [0.15, 0.2) is 0 Å². The summed E-state index contributed by atoms with van der Waals surface area (Å²) >= 11 is 0. The van der Waals surface area contributed by atoms with Gasteiger partial charge in [-0.1, -0.05) is 26.3 Å². The number of hydrogen-bond donors (Lipinski definition) is 1. The third-order valence-electron chi connectivity index (χ3n) is 2.91. The monoisotopic (exact) mass is 221 g/mol. The number of pyridine rings is 1. The van der Waals surface area contributed by atoms with Crippen molar-refractivity contribution in [1.29, 1.82) is 0 Å². The molecule has 1 heterocycles. The molecule has 0 radical (unpaired) electrons. The molecular formula is C13H23N3. The van der Waals surface area contributed by atoms with E-state index in [4.69, 9.17) is 5.73 Å². The Labute approximate surface area is 98.7 Å². The predicted molar refractivity (Wildman–Crippen MR) is 68.1 cm³/mol. The molecule has 0 bridgehead atoms. The Morgan fingerprint density at radius 2 is 2.19 bits per heavy atom. The standard InChI is InChI=1S/C13H23N3/c1-3-7-13(10-14)16(4-2)11-12-8-5-6-9-15-12/h5-6,8-9,13H,3-4,7,10-11,14H2,1-2H3. The minimum absolute atomic E-state index is 0.483. The molecule has 0 aliphatic heterocycles. The van der Waals surface area contributed by atoms with Crippen LogP contribution in [0.25, 0.3) is 0 Å². The molecule has 1 unspecified atom stereocenters. The maximum atomic E-state index is 5.83. The lowest BCUT2D eigenvalue weighted by atomic mass is 10.1. The third kappa shape index (κ3) is 3.91. The Hall–Kier alpha value is -0.930. The quantitative estimate of drug-likeness (QED) is 0.766. The number of nitrogens with zero attached hydrogens (tertiary/aromatic N) is 2. The summed E-state index contributed by atoms with van der Waals surface area (Å²) in [4.78, 5) is 6.77. The van der Waals surface area contributed by atoms with Gasteiger partial charge in [-0.2, -0.15) is 0 Å². The zero-order valence-electron chi connectivity index (χ0n) is 10.4. The van der Waals surface area contributed by atoms with E-state index in [2.05, 4.69) is 29.8 Å². The molecule has 1 atom stereocenters. The summed E-state index contributed by atoms with van der Waals surface area (Å²) < 4.78 is 0. The average Bonchev–Trinajstić information content (AvgIpc) is 2.35. The lowest BCUT2D eigenvalue weighted by molar-refractivity contribution is 0.189. The lowest BCUT2D eigenvalue weighted by Gasteiger charge is -2.29. The van der Waals surface area contributed by atoms with Crippen LogP contribution in [0, 0.1) is 0 Å². The van der Waals surface area contributed by atoms with E-state index in [0.29, 0.717) is 6.04 Å². The van der Waals surface area contributed by atoms with E-state index in [1.54, 1.807) is 0 Å². The second-order valence-corrected chi connectivity index (χ2v) is 4.06. The molecule has 2 N–H and O–H groups in total. The molecule has 16 heavy (non-hydrogen) atoms. The van der Waals surface area contributed by atoms with Crippen LogP contribution < -0.4 is 5.73 Å². The summed E-state index contributed by atoms with van der Waals surface area (Å²) in [6.45, 7) is 7.05. The van der Waals surface area contributed by atoms with Gasteiger partial charge in [-0.05, 0) is 25.1 Å². The number of likely N-dealkylation sites (N-methyl/N-ethyl adjacent to an activating group) is 1. The van der Waals surface area contributed by atoms with Crippen molar-refractivity contribution in [2.45, 2.75) is 39.3 Å². The van der Waals surface area contributed by atoms with Crippen LogP contribution in [-0.2, 0) is 6.54 Å². The van der Waals surface area contributed by atoms with E-state index in [-0.39, 0.29) is 0 Å². The summed E-state index contributed by atoms with van der Waals surface area (Å²) in [6, 6.07) is 6.54. The van der Waals surface area contributed by atoms with Gasteiger partial charge in [0.25, 0.3) is 0 Å². The molecule has 0 fully saturated rings. The highest BCUT2D eigenvalue weighted by atomic mass is 15.2. The first-order chi connectivity index (χ1) is 7.81. The second-order valence-electron chi connectivity index (χ2n) is 4.06. The second kappa shape index (κ2) is 7.36. The summed E-state index contributed by atoms with van der Waals surface area (Å²) in [6.07, 6.45) is 4.19. The van der Waals surface area contributed by atoms with E-state index in [1.165, 1.54) is 6.42 Å². The molecule has 0 saturated carbocycles. The van der Waals surface area contributed by atoms with Crippen molar-refractivity contribution in [2.75, 3.05) is 13.1 Å². The van der Waals surface area contributed by atoms with Crippen molar-refractivity contribution in [3.05, 3.63) is 30.1 Å². The first-order valence-corrected chi connectivity index (χ1v) is 6.15. The highest BCUT2D eigenvalue weighted by molar-refractivity contribution is 5.03. The Bertz CT molecular complexity index is 274. The van der Waals surface area contributed by atoms with Crippen molar-refractivity contribution >= 4 is 0 Å². The molecule has 1 rings (SSSR count). The molecule has 0 aromatic carbocycles. The van der Waals surface area contributed by atoms with Crippen LogP contribution in [0.3, 0.4) is 0 Å². The fourth-order valence-corrected chi connectivity index (χ4v) is 1.98. The van der Waals surface area contributed by atoms with E-state index >= 15 is 0 Å². The zero-order chi connectivity index (χ0) is 11.8. The topological polar surface area (TPSA) is 42.1 Å². The summed E-state index contributed by atoms with van der Waals surface area (Å²) in [5, 5.41) is 0. The maximum Gasteiger partial charge on any atom is 0.0544 e. The summed E-state index contributed by atoms with van der Waals surface area (Å²) in [5.74, 6) is 0. The van der Waals surface area contributed by atoms with Crippen LogP contribution >= 0.6 is 0 Å². The van der Waals surface area contributed by atoms with Crippen molar-refractivity contribution in [1.82, 2.24) is 9.88 Å². The fourth-order valence-electron chi connectivity index (χ4n) is 1.98. The van der Waals surface area contributed by atoms with E-state index < -0.39 is 0 Å². The van der Waals surface area contributed by atoms with E-state index in [0.717, 1.165) is 31.7 Å². The van der Waals surface area contributed by atoms with Gasteiger partial charge in [-0.3, -0.25) is 9.88 Å². The van der Waals surface area contributed by atoms with Crippen LogP contribution in [0.4, 0.5) is 0 Å². The first kappa shape index (κ1) is 13.1. The van der Waals surface area contributed by atoms with Crippen molar-refractivity contribution in [3.63, 3.8) is 0 Å². The Kier molecular flexibility index (Phi) is 6.04. The van der Waals surface area contributed by atoms with Crippen LogP contribution in [0.2, 0.25) is 0 Å². The SMILES string of the molecule is CCCC(CN)N(CC)Cc1ccccn1. The van der Waals surface area contributed by atoms with Crippen molar-refractivity contribution in [3.8, 4) is 0 Å². The van der Waals surface area contributed by atoms with E-state index in [1.807, 2.05) is 18.3 Å². The average molecular weight is 221 g/mol. The zero-order valence-corrected chi connectivity index (χ0v) is 10.4. The van der Waals surface area contributed by atoms with Gasteiger partial charge < -0.3 is 5.73 Å². The highest BCUT2D eigenvalue weighted by Crippen LogP contribution is 2.09. The number of hydrogen-bond acceptors (Lipinski definition) is 3. The molecule has 3 heteroatoms. The fraction of sp³-hybridized carbons (Fsp3) is 0.615. The Balaban J connectivity index is 2.60. The molecule has 3 nitrogen and oxygen atoms in total. The minimum Gasteiger partial charge on any atom is -0.329 e. The molecule has 1 aromatic rings. The van der Waals surface area contributed by atoms with Gasteiger partial charge in [-0.25, -0.2) is 0 Å². The molecule has 0 amide bonds. The third-order valence-corrected chi connectivity index (χ3v) is 2.91. The van der Waals surface area contributed by atoms with Gasteiger partial charge >= 0.3 is 0 Å². The van der Waals surface area contributed by atoms with E-state index in [9.17, 15) is 0 Å². The van der Waals surface area contributed by atoms with Gasteiger partial charge in [0.2, 0.25) is 0 Å². The Morgan fingerprint density at radius 1 is 1.38 bits per heavy atom. The molecule has 0 aliphatic rings. The lowest BCUT2D eigenvalue weighted by Crippen LogP contribution is -2.40. The highest BCUT2D eigenvalue weighted by Gasteiger charge is 2.14. The van der Waals surface area contributed by atoms with Crippen molar-refractivity contribution < 1.29 is 0 Å². The molecule has 0 aliphatic carbocycles. The van der Waals surface area contributed by atoms with Crippen LogP contribution in [0.5, 0.6) is 0 Å². The molecular weight excluding hydrogens is 198 g/mol. The normalized spacial score (nSPS) is 13.0. The van der Waals surface area contributed by atoms with Gasteiger partial charge in [0.05, 0.1) is 5.69 Å². The van der Waals surface area contributed by atoms with Gasteiger partial charge in [0, 0.05) is 25.3 Å². The Morgan fingerprint density at radius 3 is 2.69 bits per heavy atom. The van der Waals surface area contributed by atoms with Crippen LogP contribution in [0.1, 0.15) is 32.4 Å². The minimum atomic E-state index is 0.483. The molecule has 0 saturated heterocycles. The van der Waals surface area contributed by atoms with Crippen LogP contribution in [0.15, 0.2) is 24.4 Å². The number of nitrogens with two attached hydrogens (primary N) is 1. The number of rotatable bonds is 7. The van der Waals surface area contributed by atoms with Gasteiger partial charge in [0.1, 0.15) is 0 Å². The maximum absolute atomic E-state index is 5.83. The molecule has 1 aromatic heterocycles. The largest absolute Gasteiger partial charge is 0.329 e. The number of aromatic nitrogens is 1. The van der Waals surface area contributed by atoms with Crippen molar-refractivity contribution in [2.24, 2.45) is 5.73 Å². The summed E-state index contributed by atoms with van der Waals surface area (Å²) in [7, 11) is 0. The molecule has 0 spiro atoms.